The van der Waals surface area contributed by atoms with Gasteiger partial charge in [-0.1, -0.05) is 24.3 Å². The summed E-state index contributed by atoms with van der Waals surface area (Å²) >= 11 is 0. The van der Waals surface area contributed by atoms with Crippen LogP contribution in [0.25, 0.3) is 0 Å². The third-order valence-corrected chi connectivity index (χ3v) is 3.89. The van der Waals surface area contributed by atoms with Crippen molar-refractivity contribution in [1.29, 1.82) is 0 Å². The number of likely N-dealkylation sites (N-methyl/N-ethyl adjacent to an activating group) is 1. The molecule has 0 aromatic heterocycles. The van der Waals surface area contributed by atoms with Gasteiger partial charge in [0.25, 0.3) is 0 Å². The van der Waals surface area contributed by atoms with Crippen LogP contribution < -0.4 is 10.6 Å². The van der Waals surface area contributed by atoms with Crippen molar-refractivity contribution in [3.8, 4) is 0 Å². The topological polar surface area (TPSA) is 78.5 Å². The minimum absolute atomic E-state index is 0.144. The van der Waals surface area contributed by atoms with Crippen molar-refractivity contribution in [2.24, 2.45) is 0 Å². The molecule has 0 atom stereocenters. The fourth-order valence-corrected chi connectivity index (χ4v) is 2.59. The number of halogens is 3. The highest BCUT2D eigenvalue weighted by Crippen LogP contribution is 2.34. The molecule has 2 aromatic carbocycles. The second-order valence-electron chi connectivity index (χ2n) is 6.45. The number of amides is 2. The summed E-state index contributed by atoms with van der Waals surface area (Å²) in [6.07, 6.45) is -4.59. The number of hydrogen-bond acceptors (Lipinski definition) is 4. The van der Waals surface area contributed by atoms with Crippen LogP contribution in [0.1, 0.15) is 22.8 Å². The van der Waals surface area contributed by atoms with E-state index in [1.54, 1.807) is 18.2 Å². The van der Waals surface area contributed by atoms with E-state index in [1.807, 2.05) is 0 Å². The molecule has 2 rings (SSSR count). The van der Waals surface area contributed by atoms with Crippen LogP contribution >= 0.6 is 0 Å². The van der Waals surface area contributed by atoms with E-state index in [1.165, 1.54) is 37.1 Å². The van der Waals surface area contributed by atoms with Crippen molar-refractivity contribution in [3.05, 3.63) is 59.7 Å². The number of hydrogen-bond donors (Lipinski definition) is 2. The van der Waals surface area contributed by atoms with Gasteiger partial charge < -0.3 is 10.6 Å². The van der Waals surface area contributed by atoms with Gasteiger partial charge in [0, 0.05) is 11.3 Å². The first-order valence-electron chi connectivity index (χ1n) is 8.61. The van der Waals surface area contributed by atoms with Crippen molar-refractivity contribution in [2.45, 2.75) is 13.1 Å². The minimum atomic E-state index is -4.59. The number of ketones is 1. The van der Waals surface area contributed by atoms with Gasteiger partial charge in [-0.3, -0.25) is 19.3 Å². The molecular weight excluding hydrogens is 387 g/mol. The normalized spacial score (nSPS) is 11.2. The van der Waals surface area contributed by atoms with Crippen LogP contribution in [0.2, 0.25) is 0 Å². The van der Waals surface area contributed by atoms with Crippen molar-refractivity contribution in [3.63, 3.8) is 0 Å². The van der Waals surface area contributed by atoms with Crippen molar-refractivity contribution < 1.29 is 27.6 Å². The van der Waals surface area contributed by atoms with Crippen LogP contribution in [0, 0.1) is 0 Å². The van der Waals surface area contributed by atoms with Gasteiger partial charge in [-0.05, 0) is 38.2 Å². The zero-order chi connectivity index (χ0) is 21.6. The van der Waals surface area contributed by atoms with E-state index < -0.39 is 23.6 Å². The molecule has 0 fully saturated rings. The van der Waals surface area contributed by atoms with E-state index >= 15 is 0 Å². The second kappa shape index (κ2) is 9.33. The van der Waals surface area contributed by atoms with Crippen LogP contribution in [0.4, 0.5) is 24.5 Å². The molecule has 0 aliphatic heterocycles. The summed E-state index contributed by atoms with van der Waals surface area (Å²) in [5.74, 6) is -1.26. The number of nitrogens with zero attached hydrogens (tertiary/aromatic N) is 1. The summed E-state index contributed by atoms with van der Waals surface area (Å²) in [4.78, 5) is 36.9. The first kappa shape index (κ1) is 22.1. The number of benzene rings is 2. The van der Waals surface area contributed by atoms with E-state index in [4.69, 9.17) is 0 Å². The Hall–Kier alpha value is -3.20. The Morgan fingerprint density at radius 3 is 2.17 bits per heavy atom. The maximum atomic E-state index is 13.0. The van der Waals surface area contributed by atoms with Crippen LogP contribution in [0.5, 0.6) is 0 Å². The lowest BCUT2D eigenvalue weighted by atomic mass is 10.1. The Kier molecular flexibility index (Phi) is 7.11. The van der Waals surface area contributed by atoms with Gasteiger partial charge in [-0.15, -0.1) is 0 Å². The lowest BCUT2D eigenvalue weighted by Gasteiger charge is -2.18. The number of anilines is 2. The van der Waals surface area contributed by atoms with E-state index in [2.05, 4.69) is 10.6 Å². The number of para-hydroxylation sites is 1. The maximum absolute atomic E-state index is 13.0. The third-order valence-electron chi connectivity index (χ3n) is 3.89. The van der Waals surface area contributed by atoms with E-state index in [0.29, 0.717) is 11.3 Å². The molecular formula is C20H20F3N3O3. The molecule has 6 nitrogen and oxygen atoms in total. The summed E-state index contributed by atoms with van der Waals surface area (Å²) in [6, 6.07) is 11.0. The molecule has 0 spiro atoms. The first-order valence-corrected chi connectivity index (χ1v) is 8.61. The molecule has 0 radical (unpaired) electrons. The van der Waals surface area contributed by atoms with Gasteiger partial charge in [-0.25, -0.2) is 0 Å². The smallest absolute Gasteiger partial charge is 0.325 e. The average Bonchev–Trinajstić information content (AvgIpc) is 2.60. The standard InChI is InChI=1S/C20H20F3N3O3/c1-13(27)14-6-5-7-15(10-14)24-18(28)11-26(2)12-19(29)25-17-9-4-3-8-16(17)20(21,22)23/h3-10H,11-12H2,1-2H3,(H,24,28)(H,25,29). The molecule has 0 saturated carbocycles. The largest absolute Gasteiger partial charge is 0.418 e. The third kappa shape index (κ3) is 6.72. The fraction of sp³-hybridized carbons (Fsp3) is 0.250. The molecule has 0 aliphatic rings. The number of carbonyl (C=O) groups excluding carboxylic acids is 3. The predicted octanol–water partition coefficient (Wildman–Crippen LogP) is 3.42. The molecule has 2 N–H and O–H groups in total. The van der Waals surface area contributed by atoms with Gasteiger partial charge in [0.05, 0.1) is 24.3 Å². The van der Waals surface area contributed by atoms with Crippen LogP contribution in [-0.4, -0.2) is 42.6 Å². The van der Waals surface area contributed by atoms with Gasteiger partial charge in [0.15, 0.2) is 5.78 Å². The van der Waals surface area contributed by atoms with Gasteiger partial charge >= 0.3 is 6.18 Å². The molecule has 2 aromatic rings. The fourth-order valence-electron chi connectivity index (χ4n) is 2.59. The Balaban J connectivity index is 1.91. The highest BCUT2D eigenvalue weighted by molar-refractivity contribution is 5.98. The van der Waals surface area contributed by atoms with E-state index in [0.717, 1.165) is 12.1 Å². The highest BCUT2D eigenvalue weighted by Gasteiger charge is 2.33. The van der Waals surface area contributed by atoms with Crippen molar-refractivity contribution in [2.75, 3.05) is 30.8 Å². The molecule has 9 heteroatoms. The van der Waals surface area contributed by atoms with Gasteiger partial charge in [0.1, 0.15) is 0 Å². The quantitative estimate of drug-likeness (QED) is 0.690. The Bertz CT molecular complexity index is 913. The first-order chi connectivity index (χ1) is 13.6. The molecule has 0 saturated heterocycles. The van der Waals surface area contributed by atoms with Crippen LogP contribution in [0.3, 0.4) is 0 Å². The van der Waals surface area contributed by atoms with E-state index in [9.17, 15) is 27.6 Å². The van der Waals surface area contributed by atoms with Crippen molar-refractivity contribution in [1.82, 2.24) is 4.90 Å². The molecule has 0 aliphatic carbocycles. The number of alkyl halides is 3. The van der Waals surface area contributed by atoms with Gasteiger partial charge in [0.2, 0.25) is 11.8 Å². The Morgan fingerprint density at radius 1 is 0.931 bits per heavy atom. The number of carbonyl (C=O) groups is 3. The molecule has 0 heterocycles. The highest BCUT2D eigenvalue weighted by atomic mass is 19.4. The van der Waals surface area contributed by atoms with E-state index in [-0.39, 0.29) is 24.6 Å². The summed E-state index contributed by atoms with van der Waals surface area (Å²) in [7, 11) is 1.49. The van der Waals surface area contributed by atoms with Crippen molar-refractivity contribution >= 4 is 29.0 Å². The molecule has 2 amide bonds. The summed E-state index contributed by atoms with van der Waals surface area (Å²) in [5, 5.41) is 4.83. The second-order valence-corrected chi connectivity index (χ2v) is 6.45. The zero-order valence-electron chi connectivity index (χ0n) is 15.8. The number of nitrogens with one attached hydrogen (secondary N) is 2. The Labute approximate surface area is 165 Å². The van der Waals surface area contributed by atoms with Crippen LogP contribution in [0.15, 0.2) is 48.5 Å². The molecule has 154 valence electrons. The number of Topliss-reactive ketones (excluding diaryl/α,β-unsaturated/α-hetero) is 1. The zero-order valence-corrected chi connectivity index (χ0v) is 15.8. The number of rotatable bonds is 7. The lowest BCUT2D eigenvalue weighted by Crippen LogP contribution is -2.36. The Morgan fingerprint density at radius 2 is 1.55 bits per heavy atom. The lowest BCUT2D eigenvalue weighted by molar-refractivity contribution is -0.137. The minimum Gasteiger partial charge on any atom is -0.325 e. The molecule has 0 unspecified atom stereocenters. The summed E-state index contributed by atoms with van der Waals surface area (Å²) in [5.41, 5.74) is -0.415. The molecule has 0 bridgehead atoms. The monoisotopic (exact) mass is 407 g/mol. The summed E-state index contributed by atoms with van der Waals surface area (Å²) < 4.78 is 38.9. The predicted molar refractivity (Wildman–Crippen MR) is 103 cm³/mol. The van der Waals surface area contributed by atoms with Gasteiger partial charge in [-0.2, -0.15) is 13.2 Å². The van der Waals surface area contributed by atoms with Crippen LogP contribution in [-0.2, 0) is 15.8 Å². The maximum Gasteiger partial charge on any atom is 0.418 e. The molecule has 29 heavy (non-hydrogen) atoms. The average molecular weight is 407 g/mol. The summed E-state index contributed by atoms with van der Waals surface area (Å²) in [6.45, 7) is 0.954. The SMILES string of the molecule is CC(=O)c1cccc(NC(=O)CN(C)CC(=O)Nc2ccccc2C(F)(F)F)c1.